The summed E-state index contributed by atoms with van der Waals surface area (Å²) in [6, 6.07) is 9.87. The summed E-state index contributed by atoms with van der Waals surface area (Å²) in [5, 5.41) is 4.76. The Bertz CT molecular complexity index is 955. The lowest BCUT2D eigenvalue weighted by Gasteiger charge is -2.33. The van der Waals surface area contributed by atoms with Gasteiger partial charge in [-0.2, -0.15) is 5.10 Å². The first kappa shape index (κ1) is 13.2. The second-order valence-electron chi connectivity index (χ2n) is 5.80. The maximum atomic E-state index is 4.76. The average Bonchev–Trinajstić information content (AvgIpc) is 3.28. The van der Waals surface area contributed by atoms with Crippen molar-refractivity contribution in [3.63, 3.8) is 0 Å². The molecule has 5 heterocycles. The molecule has 4 aromatic heterocycles. The number of nitrogens with zero attached hydrogens (tertiary/aromatic N) is 6. The summed E-state index contributed by atoms with van der Waals surface area (Å²) in [4.78, 5) is 18.8. The highest BCUT2D eigenvalue weighted by Crippen LogP contribution is 2.34. The Balaban J connectivity index is 1.68. The molecule has 0 radical (unpaired) electrons. The maximum Gasteiger partial charge on any atom is 0.226 e. The van der Waals surface area contributed by atoms with Crippen molar-refractivity contribution in [3.8, 4) is 0 Å². The van der Waals surface area contributed by atoms with Gasteiger partial charge in [0.2, 0.25) is 5.95 Å². The van der Waals surface area contributed by atoms with Gasteiger partial charge in [0.25, 0.3) is 0 Å². The van der Waals surface area contributed by atoms with Gasteiger partial charge in [-0.1, -0.05) is 6.07 Å². The van der Waals surface area contributed by atoms with Crippen LogP contribution in [0.25, 0.3) is 5.52 Å². The highest BCUT2D eigenvalue weighted by Gasteiger charge is 2.34. The molecule has 1 aliphatic rings. The number of H-pyrrole nitrogens is 1. The molecular formula is C17H15N7. The van der Waals surface area contributed by atoms with Gasteiger partial charge in [0.05, 0.1) is 23.2 Å². The van der Waals surface area contributed by atoms with Crippen molar-refractivity contribution < 1.29 is 0 Å². The molecule has 0 aliphatic carbocycles. The van der Waals surface area contributed by atoms with Crippen LogP contribution < -0.4 is 4.90 Å². The Hall–Kier alpha value is -3.22. The number of rotatable bonds is 2. The van der Waals surface area contributed by atoms with Gasteiger partial charge in [-0.25, -0.2) is 19.5 Å². The predicted octanol–water partition coefficient (Wildman–Crippen LogP) is 2.00. The molecule has 7 heteroatoms. The molecule has 1 N–H and O–H groups in total. The molecule has 0 spiro atoms. The molecule has 7 nitrogen and oxygen atoms in total. The van der Waals surface area contributed by atoms with Crippen molar-refractivity contribution >= 4 is 11.5 Å². The Kier molecular flexibility index (Phi) is 2.84. The molecule has 1 atom stereocenters. The minimum absolute atomic E-state index is 0.0951. The van der Waals surface area contributed by atoms with Crippen LogP contribution in [0.15, 0.2) is 55.2 Å². The van der Waals surface area contributed by atoms with Crippen LogP contribution >= 0.6 is 0 Å². The first-order chi connectivity index (χ1) is 11.9. The van der Waals surface area contributed by atoms with Crippen molar-refractivity contribution in [3.05, 3.63) is 72.3 Å². The van der Waals surface area contributed by atoms with Crippen LogP contribution in [0.5, 0.6) is 0 Å². The highest BCUT2D eigenvalue weighted by atomic mass is 15.3. The fraction of sp³-hybridized carbons (Fsp3) is 0.176. The topological polar surface area (TPSA) is 75.0 Å². The number of nitrogens with one attached hydrogen (secondary N) is 1. The lowest BCUT2D eigenvalue weighted by Crippen LogP contribution is -2.37. The zero-order chi connectivity index (χ0) is 15.9. The normalized spacial score (nSPS) is 17.2. The van der Waals surface area contributed by atoms with Crippen LogP contribution in [-0.4, -0.2) is 36.1 Å². The number of imidazole rings is 1. The quantitative estimate of drug-likeness (QED) is 0.612. The molecule has 0 saturated heterocycles. The largest absolute Gasteiger partial charge is 0.348 e. The van der Waals surface area contributed by atoms with E-state index in [0.717, 1.165) is 35.6 Å². The molecule has 5 rings (SSSR count). The molecule has 0 aromatic carbocycles. The predicted molar refractivity (Wildman–Crippen MR) is 88.7 cm³/mol. The van der Waals surface area contributed by atoms with E-state index in [9.17, 15) is 0 Å². The summed E-state index contributed by atoms with van der Waals surface area (Å²) >= 11 is 0. The second-order valence-corrected chi connectivity index (χ2v) is 5.80. The number of aromatic nitrogens is 6. The van der Waals surface area contributed by atoms with Gasteiger partial charge in [-0.15, -0.1) is 0 Å². The molecule has 0 unspecified atom stereocenters. The van der Waals surface area contributed by atoms with Gasteiger partial charge in [-0.05, 0) is 24.3 Å². The third kappa shape index (κ3) is 1.98. The van der Waals surface area contributed by atoms with E-state index in [1.165, 1.54) is 0 Å². The van der Waals surface area contributed by atoms with E-state index in [1.54, 1.807) is 18.7 Å². The van der Waals surface area contributed by atoms with Gasteiger partial charge >= 0.3 is 0 Å². The van der Waals surface area contributed by atoms with Gasteiger partial charge in [0.1, 0.15) is 6.04 Å². The van der Waals surface area contributed by atoms with Crippen LogP contribution in [-0.2, 0) is 6.42 Å². The first-order valence-electron chi connectivity index (χ1n) is 7.90. The number of fused-ring (bicyclic) bond motifs is 2. The Morgan fingerprint density at radius 1 is 1.08 bits per heavy atom. The smallest absolute Gasteiger partial charge is 0.226 e. The molecular weight excluding hydrogens is 302 g/mol. The summed E-state index contributed by atoms with van der Waals surface area (Å²) in [6.07, 6.45) is 8.13. The monoisotopic (exact) mass is 317 g/mol. The Morgan fingerprint density at radius 3 is 2.88 bits per heavy atom. The van der Waals surface area contributed by atoms with Crippen molar-refractivity contribution in [1.29, 1.82) is 0 Å². The van der Waals surface area contributed by atoms with E-state index in [2.05, 4.69) is 30.9 Å². The summed E-state index contributed by atoms with van der Waals surface area (Å²) < 4.78 is 1.89. The lowest BCUT2D eigenvalue weighted by molar-refractivity contribution is 0.602. The third-order valence-electron chi connectivity index (χ3n) is 4.40. The fourth-order valence-electron chi connectivity index (χ4n) is 3.32. The number of hydrogen-bond donors (Lipinski definition) is 1. The maximum absolute atomic E-state index is 4.76. The van der Waals surface area contributed by atoms with E-state index < -0.39 is 0 Å². The average molecular weight is 317 g/mol. The molecule has 24 heavy (non-hydrogen) atoms. The summed E-state index contributed by atoms with van der Waals surface area (Å²) in [5.74, 6) is 0.702. The van der Waals surface area contributed by atoms with Crippen LogP contribution in [0.3, 0.4) is 0 Å². The lowest BCUT2D eigenvalue weighted by atomic mass is 10.0. The standard InChI is InChI=1S/C17H15N7/c1-2-8-24-12(4-1)10-14(22-24)16-15-13(20-11-21-15)5-9-23(16)17-18-6-3-7-19-17/h1-4,6-8,10-11,16H,5,9H2,(H,20,21)/t16-/m0/s1. The van der Waals surface area contributed by atoms with Crippen molar-refractivity contribution in [2.24, 2.45) is 0 Å². The van der Waals surface area contributed by atoms with Crippen LogP contribution in [0.1, 0.15) is 23.1 Å². The minimum atomic E-state index is -0.0951. The minimum Gasteiger partial charge on any atom is -0.348 e. The van der Waals surface area contributed by atoms with Crippen LogP contribution in [0.4, 0.5) is 5.95 Å². The van der Waals surface area contributed by atoms with Crippen molar-refractivity contribution in [2.75, 3.05) is 11.4 Å². The molecule has 0 amide bonds. The molecule has 0 fully saturated rings. The molecule has 1 aliphatic heterocycles. The van der Waals surface area contributed by atoms with Crippen LogP contribution in [0, 0.1) is 0 Å². The second kappa shape index (κ2) is 5.16. The number of pyridine rings is 1. The van der Waals surface area contributed by atoms with Crippen molar-refractivity contribution in [2.45, 2.75) is 12.5 Å². The zero-order valence-electron chi connectivity index (χ0n) is 12.9. The van der Waals surface area contributed by atoms with Crippen LogP contribution in [0.2, 0.25) is 0 Å². The van der Waals surface area contributed by atoms with Crippen molar-refractivity contribution in [1.82, 2.24) is 29.5 Å². The fourth-order valence-corrected chi connectivity index (χ4v) is 3.32. The summed E-state index contributed by atoms with van der Waals surface area (Å²) in [6.45, 7) is 0.817. The number of hydrogen-bond acceptors (Lipinski definition) is 5. The van der Waals surface area contributed by atoms with Gasteiger partial charge in [0.15, 0.2) is 0 Å². The molecule has 0 bridgehead atoms. The van der Waals surface area contributed by atoms with E-state index >= 15 is 0 Å². The summed E-state index contributed by atoms with van der Waals surface area (Å²) in [5.41, 5.74) is 4.16. The number of aromatic amines is 1. The van der Waals surface area contributed by atoms with Gasteiger partial charge < -0.3 is 9.88 Å². The Labute approximate surface area is 138 Å². The highest BCUT2D eigenvalue weighted by molar-refractivity contribution is 5.52. The Morgan fingerprint density at radius 2 is 2.00 bits per heavy atom. The van der Waals surface area contributed by atoms with E-state index in [4.69, 9.17) is 5.10 Å². The molecule has 118 valence electrons. The summed E-state index contributed by atoms with van der Waals surface area (Å²) in [7, 11) is 0. The van der Waals surface area contributed by atoms with E-state index in [0.29, 0.717) is 5.95 Å². The van der Waals surface area contributed by atoms with Gasteiger partial charge in [0, 0.05) is 37.3 Å². The SMILES string of the molecule is c1cnc(N2CCc3[nH]cnc3[C@@H]2c2cc3ccccn3n2)nc1. The molecule has 4 aromatic rings. The van der Waals surface area contributed by atoms with E-state index in [-0.39, 0.29) is 6.04 Å². The number of anilines is 1. The molecule has 0 saturated carbocycles. The zero-order valence-corrected chi connectivity index (χ0v) is 12.9. The van der Waals surface area contributed by atoms with E-state index in [1.807, 2.05) is 35.0 Å². The van der Waals surface area contributed by atoms with Gasteiger partial charge in [-0.3, -0.25) is 0 Å². The third-order valence-corrected chi connectivity index (χ3v) is 4.40. The first-order valence-corrected chi connectivity index (χ1v) is 7.90.